The maximum absolute atomic E-state index is 14.2. The molecule has 1 aromatic heterocycles. The molecule has 2 aliphatic heterocycles. The fourth-order valence-electron chi connectivity index (χ4n) is 6.42. The van der Waals surface area contributed by atoms with Gasteiger partial charge in [0.1, 0.15) is 26.0 Å². The van der Waals surface area contributed by atoms with Gasteiger partial charge in [0, 0.05) is 83.2 Å². The van der Waals surface area contributed by atoms with Crippen LogP contribution in [0.3, 0.4) is 0 Å². The highest BCUT2D eigenvalue weighted by molar-refractivity contribution is 7.24. The molecule has 3 heterocycles. The molecule has 15 heteroatoms. The number of nitrogens with one attached hydrogen (secondary N) is 1. The van der Waals surface area contributed by atoms with E-state index in [-0.39, 0.29) is 43.8 Å². The summed E-state index contributed by atoms with van der Waals surface area (Å²) in [4.78, 5) is 55.4. The Kier molecular flexibility index (Phi) is 13.8. The van der Waals surface area contributed by atoms with E-state index in [9.17, 15) is 18.9 Å². The van der Waals surface area contributed by atoms with Crippen molar-refractivity contribution in [1.82, 2.24) is 25.1 Å². The van der Waals surface area contributed by atoms with E-state index in [2.05, 4.69) is 15.2 Å². The number of methoxy groups -OCH3 is 1. The van der Waals surface area contributed by atoms with Crippen molar-refractivity contribution in [2.75, 3.05) is 71.1 Å². The molecule has 14 nitrogen and oxygen atoms in total. The highest BCUT2D eigenvalue weighted by Gasteiger charge is 2.34. The van der Waals surface area contributed by atoms with Crippen LogP contribution in [-0.2, 0) is 40.3 Å². The molecule has 2 saturated heterocycles. The molecule has 0 radical (unpaired) electrons. The van der Waals surface area contributed by atoms with Crippen LogP contribution < -0.4 is 10.2 Å². The normalized spacial score (nSPS) is 17.1. The van der Waals surface area contributed by atoms with Gasteiger partial charge in [-0.1, -0.05) is 54.6 Å². The third-order valence-corrected chi connectivity index (χ3v) is 10.1. The Bertz CT molecular complexity index is 1670. The van der Waals surface area contributed by atoms with Gasteiger partial charge in [0.2, 0.25) is 11.4 Å². The standard InChI is InChI=1S/C37H49N6O8P/c1-5-49-36(46)42-21-19-41(20-22-42)35(45)31(23-26-13-15-28(16-14-26)37(52-47,50-6-2)51-7-3)39-34(44)30-24-32(43-18-17-29(25-43)48-4)40-33(38-30)27-11-9-8-10-12-27/h8-16,24,29,31H,5-7,17-23,25,52H2,1-4H3,(H,39,44). The molecule has 0 aliphatic carbocycles. The third-order valence-electron chi connectivity index (χ3n) is 9.17. The Labute approximate surface area is 306 Å². The first kappa shape index (κ1) is 38.9. The molecule has 2 aliphatic rings. The van der Waals surface area contributed by atoms with E-state index in [0.29, 0.717) is 56.6 Å². The van der Waals surface area contributed by atoms with E-state index in [1.807, 2.05) is 56.3 Å². The van der Waals surface area contributed by atoms with Gasteiger partial charge in [-0.05, 0) is 32.8 Å². The van der Waals surface area contributed by atoms with Crippen molar-refractivity contribution in [2.45, 2.75) is 51.3 Å². The smallest absolute Gasteiger partial charge is 0.409 e. The molecule has 2 fully saturated rings. The number of carbonyl (C=O) groups excluding carboxylic acids is 3. The highest BCUT2D eigenvalue weighted by Crippen LogP contribution is 2.38. The van der Waals surface area contributed by atoms with Crippen LogP contribution in [0.25, 0.3) is 11.4 Å². The lowest BCUT2D eigenvalue weighted by atomic mass is 10.0. The first-order valence-corrected chi connectivity index (χ1v) is 18.9. The minimum absolute atomic E-state index is 0.0485. The van der Waals surface area contributed by atoms with E-state index in [4.69, 9.17) is 23.9 Å². The number of anilines is 1. The minimum atomic E-state index is -1.47. The number of carbonyl (C=O) groups is 3. The molecule has 0 bridgehead atoms. The van der Waals surface area contributed by atoms with Gasteiger partial charge in [-0.2, -0.15) is 0 Å². The third kappa shape index (κ3) is 9.35. The largest absolute Gasteiger partial charge is 0.450 e. The van der Waals surface area contributed by atoms with Crippen LogP contribution in [0.4, 0.5) is 10.6 Å². The minimum Gasteiger partial charge on any atom is -0.450 e. The van der Waals surface area contributed by atoms with Crippen LogP contribution in [0.1, 0.15) is 48.8 Å². The summed E-state index contributed by atoms with van der Waals surface area (Å²) in [5, 5.41) is 2.98. The second-order valence-electron chi connectivity index (χ2n) is 12.5. The Morgan fingerprint density at radius 1 is 0.904 bits per heavy atom. The van der Waals surface area contributed by atoms with Crippen molar-refractivity contribution in [1.29, 1.82) is 0 Å². The van der Waals surface area contributed by atoms with Crippen molar-refractivity contribution >= 4 is 32.2 Å². The maximum Gasteiger partial charge on any atom is 0.409 e. The first-order valence-electron chi connectivity index (χ1n) is 17.8. The van der Waals surface area contributed by atoms with E-state index in [1.165, 1.54) is 0 Å². The fraction of sp³-hybridized carbons (Fsp3) is 0.486. The van der Waals surface area contributed by atoms with Crippen LogP contribution >= 0.6 is 8.46 Å². The van der Waals surface area contributed by atoms with Crippen molar-refractivity contribution < 1.29 is 37.9 Å². The highest BCUT2D eigenvalue weighted by atomic mass is 31.1. The predicted octanol–water partition coefficient (Wildman–Crippen LogP) is 3.95. The topological polar surface area (TPSA) is 153 Å². The Hall–Kier alpha value is -4.36. The van der Waals surface area contributed by atoms with Gasteiger partial charge < -0.3 is 43.5 Å². The molecule has 0 spiro atoms. The second kappa shape index (κ2) is 18.4. The van der Waals surface area contributed by atoms with E-state index in [1.54, 1.807) is 42.0 Å². The molecule has 52 heavy (non-hydrogen) atoms. The van der Waals surface area contributed by atoms with E-state index >= 15 is 0 Å². The van der Waals surface area contributed by atoms with Crippen LogP contribution in [-0.4, -0.2) is 116 Å². The monoisotopic (exact) mass is 736 g/mol. The Balaban J connectivity index is 1.43. The maximum atomic E-state index is 14.2. The van der Waals surface area contributed by atoms with Crippen LogP contribution in [0.5, 0.6) is 0 Å². The van der Waals surface area contributed by atoms with Crippen LogP contribution in [0.15, 0.2) is 60.7 Å². The van der Waals surface area contributed by atoms with Gasteiger partial charge in [-0.15, -0.1) is 0 Å². The molecule has 0 saturated carbocycles. The summed E-state index contributed by atoms with van der Waals surface area (Å²) in [6.07, 6.45) is 0.619. The summed E-state index contributed by atoms with van der Waals surface area (Å²) in [7, 11) is 0.217. The van der Waals surface area contributed by atoms with Gasteiger partial charge in [0.15, 0.2) is 5.82 Å². The molecule has 3 aromatic rings. The average Bonchev–Trinajstić information content (AvgIpc) is 3.67. The van der Waals surface area contributed by atoms with Gasteiger partial charge in [0.25, 0.3) is 5.91 Å². The summed E-state index contributed by atoms with van der Waals surface area (Å²) >= 11 is 0. The number of ether oxygens (including phenoxy) is 4. The van der Waals surface area contributed by atoms with Crippen LogP contribution in [0.2, 0.25) is 0 Å². The lowest BCUT2D eigenvalue weighted by molar-refractivity contribution is -0.176. The number of piperazine rings is 1. The number of amides is 3. The molecule has 1 N–H and O–H groups in total. The summed E-state index contributed by atoms with van der Waals surface area (Å²) in [5.41, 5.74) is 0.895. The first-order chi connectivity index (χ1) is 25.2. The molecule has 5 rings (SSSR count). The number of rotatable bonds is 15. The van der Waals surface area contributed by atoms with Crippen molar-refractivity contribution in [3.8, 4) is 11.4 Å². The zero-order valence-electron chi connectivity index (χ0n) is 30.3. The fourth-order valence-corrected chi connectivity index (χ4v) is 7.21. The molecule has 3 atom stereocenters. The molecule has 3 unspecified atom stereocenters. The van der Waals surface area contributed by atoms with Crippen molar-refractivity contribution in [2.24, 2.45) is 0 Å². The lowest BCUT2D eigenvalue weighted by Crippen LogP contribution is -2.56. The van der Waals surface area contributed by atoms with Crippen molar-refractivity contribution in [3.63, 3.8) is 0 Å². The Morgan fingerprint density at radius 2 is 1.58 bits per heavy atom. The molecular formula is C37H49N6O8P. The van der Waals surface area contributed by atoms with Crippen molar-refractivity contribution in [3.05, 3.63) is 77.5 Å². The van der Waals surface area contributed by atoms with E-state index < -0.39 is 32.0 Å². The van der Waals surface area contributed by atoms with Gasteiger partial charge in [0.05, 0.1) is 12.7 Å². The summed E-state index contributed by atoms with van der Waals surface area (Å²) in [5.74, 6) is 0.179. The molecule has 2 aromatic carbocycles. The zero-order valence-corrected chi connectivity index (χ0v) is 31.4. The predicted molar refractivity (Wildman–Crippen MR) is 197 cm³/mol. The Morgan fingerprint density at radius 3 is 2.17 bits per heavy atom. The van der Waals surface area contributed by atoms with Gasteiger partial charge >= 0.3 is 6.09 Å². The molecule has 280 valence electrons. The average molecular weight is 737 g/mol. The lowest BCUT2D eigenvalue weighted by Gasteiger charge is -2.36. The number of aromatic nitrogens is 2. The second-order valence-corrected chi connectivity index (χ2v) is 13.5. The zero-order chi connectivity index (χ0) is 37.1. The number of benzene rings is 2. The van der Waals surface area contributed by atoms with Gasteiger partial charge in [-0.25, -0.2) is 14.8 Å². The number of nitrogens with zero attached hydrogens (tertiary/aromatic N) is 5. The van der Waals surface area contributed by atoms with Crippen LogP contribution in [0, 0.1) is 0 Å². The summed E-state index contributed by atoms with van der Waals surface area (Å²) in [6, 6.07) is 17.3. The quantitative estimate of drug-likeness (QED) is 0.178. The number of hydrogen-bond acceptors (Lipinski definition) is 11. The number of hydrogen-bond donors (Lipinski definition) is 1. The summed E-state index contributed by atoms with van der Waals surface area (Å²) < 4.78 is 34.7. The molecule has 3 amide bonds. The van der Waals surface area contributed by atoms with E-state index in [0.717, 1.165) is 17.5 Å². The molecular weight excluding hydrogens is 687 g/mol. The van der Waals surface area contributed by atoms with Gasteiger partial charge in [-0.3, -0.25) is 9.59 Å². The summed E-state index contributed by atoms with van der Waals surface area (Å²) in [6.45, 7) is 8.77. The SMILES string of the molecule is CCOC(=O)N1CCN(C(=O)C(Cc2ccc(C(OCC)(OCC)[PH2]=O)cc2)NC(=O)c2cc(N3CCC(OC)C3)nc(-c3ccccc3)n2)CC1.